The average molecular weight is 312 g/mol. The largest absolute Gasteiger partial charge is 0.355 e. The molecule has 0 unspecified atom stereocenters. The second-order valence-electron chi connectivity index (χ2n) is 6.16. The lowest BCUT2D eigenvalue weighted by Crippen LogP contribution is -2.42. The number of carbonyl (C=O) groups excluding carboxylic acids is 1. The van der Waals surface area contributed by atoms with Gasteiger partial charge in [0.15, 0.2) is 0 Å². The molecule has 0 aliphatic carbocycles. The Morgan fingerprint density at radius 2 is 2.22 bits per heavy atom. The molecule has 5 nitrogen and oxygen atoms in total. The van der Waals surface area contributed by atoms with Crippen molar-refractivity contribution in [2.75, 3.05) is 26.2 Å². The van der Waals surface area contributed by atoms with Crippen LogP contribution in [0.4, 0.5) is 0 Å². The number of imidazole rings is 1. The molecule has 5 heteroatoms. The van der Waals surface area contributed by atoms with E-state index in [1.807, 2.05) is 0 Å². The van der Waals surface area contributed by atoms with Crippen molar-refractivity contribution >= 4 is 5.91 Å². The number of carbonyl (C=O) groups is 1. The molecule has 3 rings (SSSR count). The second-order valence-corrected chi connectivity index (χ2v) is 6.16. The first-order chi connectivity index (χ1) is 11.3. The number of rotatable bonds is 6. The predicted molar refractivity (Wildman–Crippen MR) is 90.2 cm³/mol. The van der Waals surface area contributed by atoms with Crippen LogP contribution in [0.5, 0.6) is 0 Å². The van der Waals surface area contributed by atoms with Gasteiger partial charge in [-0.05, 0) is 30.9 Å². The van der Waals surface area contributed by atoms with Gasteiger partial charge < -0.3 is 10.3 Å². The number of piperidine rings is 1. The van der Waals surface area contributed by atoms with E-state index < -0.39 is 0 Å². The van der Waals surface area contributed by atoms with Crippen LogP contribution in [0.1, 0.15) is 30.0 Å². The molecule has 23 heavy (non-hydrogen) atoms. The third-order valence-electron chi connectivity index (χ3n) is 4.42. The Hall–Kier alpha value is -2.14. The molecule has 2 aromatic rings. The number of likely N-dealkylation sites (tertiary alicyclic amines) is 1. The lowest BCUT2D eigenvalue weighted by Gasteiger charge is -2.32. The first-order valence-corrected chi connectivity index (χ1v) is 8.32. The summed E-state index contributed by atoms with van der Waals surface area (Å²) < 4.78 is 0. The van der Waals surface area contributed by atoms with Crippen molar-refractivity contribution in [3.63, 3.8) is 0 Å². The number of aromatic nitrogens is 2. The summed E-state index contributed by atoms with van der Waals surface area (Å²) in [6.45, 7) is 3.12. The van der Waals surface area contributed by atoms with Crippen molar-refractivity contribution in [3.8, 4) is 0 Å². The zero-order valence-electron chi connectivity index (χ0n) is 13.4. The minimum atomic E-state index is 0.109. The Bertz CT molecular complexity index is 597. The van der Waals surface area contributed by atoms with Crippen molar-refractivity contribution in [1.29, 1.82) is 0 Å². The van der Waals surface area contributed by atoms with E-state index in [2.05, 4.69) is 50.5 Å². The van der Waals surface area contributed by atoms with E-state index in [0.29, 0.717) is 19.0 Å². The Kier molecular flexibility index (Phi) is 5.42. The zero-order valence-corrected chi connectivity index (χ0v) is 13.4. The van der Waals surface area contributed by atoms with E-state index in [-0.39, 0.29) is 5.91 Å². The molecule has 1 aromatic carbocycles. The van der Waals surface area contributed by atoms with Crippen LogP contribution in [0.25, 0.3) is 0 Å². The van der Waals surface area contributed by atoms with Gasteiger partial charge in [-0.2, -0.15) is 0 Å². The smallest absolute Gasteiger partial charge is 0.234 e. The monoisotopic (exact) mass is 312 g/mol. The highest BCUT2D eigenvalue weighted by Gasteiger charge is 2.22. The fourth-order valence-electron chi connectivity index (χ4n) is 3.21. The number of H-pyrrole nitrogens is 1. The van der Waals surface area contributed by atoms with Crippen LogP contribution >= 0.6 is 0 Å². The molecule has 1 fully saturated rings. The zero-order chi connectivity index (χ0) is 15.9. The van der Waals surface area contributed by atoms with E-state index in [0.717, 1.165) is 31.6 Å². The molecule has 1 aliphatic rings. The molecule has 122 valence electrons. The maximum absolute atomic E-state index is 12.1. The van der Waals surface area contributed by atoms with Crippen LogP contribution in [0.15, 0.2) is 42.9 Å². The molecule has 2 heterocycles. The molecule has 0 saturated carbocycles. The van der Waals surface area contributed by atoms with Gasteiger partial charge in [-0.3, -0.25) is 9.69 Å². The number of nitrogens with zero attached hydrogens (tertiary/aromatic N) is 2. The molecular weight excluding hydrogens is 288 g/mol. The Morgan fingerprint density at radius 1 is 1.35 bits per heavy atom. The van der Waals surface area contributed by atoms with Crippen LogP contribution in [-0.2, 0) is 11.2 Å². The summed E-state index contributed by atoms with van der Waals surface area (Å²) >= 11 is 0. The topological polar surface area (TPSA) is 61.0 Å². The lowest BCUT2D eigenvalue weighted by atomic mass is 9.91. The number of benzene rings is 1. The van der Waals surface area contributed by atoms with Crippen molar-refractivity contribution in [1.82, 2.24) is 20.2 Å². The SMILES string of the molecule is O=C(CN1CCC[C@@H](c2ccccc2)C1)NCCc1cnc[nH]1. The molecule has 1 saturated heterocycles. The number of amides is 1. The van der Waals surface area contributed by atoms with Gasteiger partial charge in [-0.1, -0.05) is 30.3 Å². The Morgan fingerprint density at radius 3 is 3.00 bits per heavy atom. The lowest BCUT2D eigenvalue weighted by molar-refractivity contribution is -0.122. The van der Waals surface area contributed by atoms with Crippen LogP contribution in [0, 0.1) is 0 Å². The van der Waals surface area contributed by atoms with E-state index in [1.54, 1.807) is 12.5 Å². The molecular formula is C18H24N4O. The van der Waals surface area contributed by atoms with Gasteiger partial charge in [0.05, 0.1) is 12.9 Å². The van der Waals surface area contributed by atoms with Crippen molar-refractivity contribution in [2.24, 2.45) is 0 Å². The number of aromatic amines is 1. The summed E-state index contributed by atoms with van der Waals surface area (Å²) in [5.74, 6) is 0.654. The molecule has 2 N–H and O–H groups in total. The normalized spacial score (nSPS) is 18.7. The molecule has 0 spiro atoms. The second kappa shape index (κ2) is 7.92. The van der Waals surface area contributed by atoms with Gasteiger partial charge in [-0.15, -0.1) is 0 Å². The summed E-state index contributed by atoms with van der Waals surface area (Å²) in [5, 5.41) is 2.99. The van der Waals surface area contributed by atoms with Crippen molar-refractivity contribution < 1.29 is 4.79 Å². The molecule has 1 aromatic heterocycles. The van der Waals surface area contributed by atoms with Crippen LogP contribution in [0.3, 0.4) is 0 Å². The van der Waals surface area contributed by atoms with Crippen molar-refractivity contribution in [3.05, 3.63) is 54.1 Å². The standard InChI is InChI=1S/C18H24N4O/c23-18(20-9-8-17-11-19-14-21-17)13-22-10-4-7-16(12-22)15-5-2-1-3-6-15/h1-3,5-6,11,14,16H,4,7-10,12-13H2,(H,19,21)(H,20,23)/t16-/m1/s1. The first-order valence-electron chi connectivity index (χ1n) is 8.32. The fourth-order valence-corrected chi connectivity index (χ4v) is 3.21. The van der Waals surface area contributed by atoms with E-state index >= 15 is 0 Å². The summed E-state index contributed by atoms with van der Waals surface area (Å²) in [4.78, 5) is 21.4. The molecule has 1 atom stereocenters. The molecule has 1 aliphatic heterocycles. The van der Waals surface area contributed by atoms with Crippen LogP contribution < -0.4 is 5.32 Å². The Balaban J connectivity index is 1.43. The maximum Gasteiger partial charge on any atom is 0.234 e. The minimum absolute atomic E-state index is 0.109. The van der Waals surface area contributed by atoms with Crippen LogP contribution in [-0.4, -0.2) is 47.0 Å². The van der Waals surface area contributed by atoms with E-state index in [9.17, 15) is 4.79 Å². The Labute approximate surface area is 137 Å². The third-order valence-corrected chi connectivity index (χ3v) is 4.42. The summed E-state index contributed by atoms with van der Waals surface area (Å²) in [5.41, 5.74) is 2.43. The first kappa shape index (κ1) is 15.7. The molecule has 1 amide bonds. The third kappa shape index (κ3) is 4.66. The van der Waals surface area contributed by atoms with Gasteiger partial charge in [0.2, 0.25) is 5.91 Å². The number of nitrogens with one attached hydrogen (secondary N) is 2. The summed E-state index contributed by atoms with van der Waals surface area (Å²) in [7, 11) is 0. The fraction of sp³-hybridized carbons (Fsp3) is 0.444. The van der Waals surface area contributed by atoms with Gasteiger partial charge in [0.25, 0.3) is 0 Å². The minimum Gasteiger partial charge on any atom is -0.355 e. The highest BCUT2D eigenvalue weighted by Crippen LogP contribution is 2.26. The van der Waals surface area contributed by atoms with Gasteiger partial charge in [-0.25, -0.2) is 4.98 Å². The highest BCUT2D eigenvalue weighted by molar-refractivity contribution is 5.78. The predicted octanol–water partition coefficient (Wildman–Crippen LogP) is 1.95. The van der Waals surface area contributed by atoms with Gasteiger partial charge in [0, 0.05) is 31.4 Å². The summed E-state index contributed by atoms with van der Waals surface area (Å²) in [6, 6.07) is 10.6. The quantitative estimate of drug-likeness (QED) is 0.857. The highest BCUT2D eigenvalue weighted by atomic mass is 16.2. The maximum atomic E-state index is 12.1. The molecule has 0 bridgehead atoms. The summed E-state index contributed by atoms with van der Waals surface area (Å²) in [6.07, 6.45) is 6.61. The van der Waals surface area contributed by atoms with E-state index in [4.69, 9.17) is 0 Å². The number of hydrogen-bond donors (Lipinski definition) is 2. The van der Waals surface area contributed by atoms with Gasteiger partial charge in [0.1, 0.15) is 0 Å². The van der Waals surface area contributed by atoms with E-state index in [1.165, 1.54) is 12.0 Å². The van der Waals surface area contributed by atoms with Crippen LogP contribution in [0.2, 0.25) is 0 Å². The molecule has 0 radical (unpaired) electrons. The average Bonchev–Trinajstić information content (AvgIpc) is 3.09. The van der Waals surface area contributed by atoms with Gasteiger partial charge >= 0.3 is 0 Å². The number of hydrogen-bond acceptors (Lipinski definition) is 3. The van der Waals surface area contributed by atoms with Crippen molar-refractivity contribution in [2.45, 2.75) is 25.2 Å².